The maximum Gasteiger partial charge on any atom is 0.334 e. The normalized spacial score (nSPS) is 19.1. The molecular formula is C9H13NO5. The van der Waals surface area contributed by atoms with Crippen molar-refractivity contribution in [3.8, 4) is 0 Å². The highest BCUT2D eigenvalue weighted by molar-refractivity contribution is 5.98. The Kier molecular flexibility index (Phi) is 3.79. The van der Waals surface area contributed by atoms with E-state index >= 15 is 0 Å². The number of imide groups is 1. The maximum absolute atomic E-state index is 11.3. The lowest BCUT2D eigenvalue weighted by Gasteiger charge is -2.26. The average molecular weight is 215 g/mol. The summed E-state index contributed by atoms with van der Waals surface area (Å²) in [6.07, 6.45) is -0.0151. The van der Waals surface area contributed by atoms with Crippen molar-refractivity contribution in [3.05, 3.63) is 0 Å². The van der Waals surface area contributed by atoms with Gasteiger partial charge in [0.2, 0.25) is 11.8 Å². The van der Waals surface area contributed by atoms with Crippen LogP contribution in [0.5, 0.6) is 0 Å². The van der Waals surface area contributed by atoms with Gasteiger partial charge in [-0.15, -0.1) is 0 Å². The van der Waals surface area contributed by atoms with Crippen LogP contribution in [0.3, 0.4) is 0 Å². The molecule has 1 N–H and O–H groups in total. The third-order valence-electron chi connectivity index (χ3n) is 2.29. The molecule has 0 aromatic rings. The SMILES string of the molecule is COC(CN1C(=O)CCCC1=O)C(=O)O. The Morgan fingerprint density at radius 1 is 1.47 bits per heavy atom. The topological polar surface area (TPSA) is 83.9 Å². The van der Waals surface area contributed by atoms with Crippen LogP contribution in [0.25, 0.3) is 0 Å². The third kappa shape index (κ3) is 2.76. The molecule has 0 aromatic carbocycles. The van der Waals surface area contributed by atoms with E-state index in [2.05, 4.69) is 4.74 Å². The van der Waals surface area contributed by atoms with Gasteiger partial charge in [0.15, 0.2) is 6.10 Å². The van der Waals surface area contributed by atoms with Gasteiger partial charge in [-0.25, -0.2) is 4.79 Å². The predicted octanol–water partition coefficient (Wildman–Crippen LogP) is -0.375. The molecule has 1 aliphatic rings. The molecule has 6 heteroatoms. The first kappa shape index (κ1) is 11.6. The van der Waals surface area contributed by atoms with Crippen LogP contribution in [0.4, 0.5) is 0 Å². The minimum absolute atomic E-state index is 0.205. The molecule has 0 bridgehead atoms. The van der Waals surface area contributed by atoms with Crippen molar-refractivity contribution in [2.24, 2.45) is 0 Å². The summed E-state index contributed by atoms with van der Waals surface area (Å²) in [5.74, 6) is -1.83. The number of carbonyl (C=O) groups excluding carboxylic acids is 2. The van der Waals surface area contributed by atoms with Crippen LogP contribution in [0.1, 0.15) is 19.3 Å². The summed E-state index contributed by atoms with van der Waals surface area (Å²) in [5.41, 5.74) is 0. The second-order valence-corrected chi connectivity index (χ2v) is 3.31. The number of carbonyl (C=O) groups is 3. The second-order valence-electron chi connectivity index (χ2n) is 3.31. The zero-order valence-corrected chi connectivity index (χ0v) is 8.43. The van der Waals surface area contributed by atoms with Gasteiger partial charge < -0.3 is 9.84 Å². The molecule has 2 amide bonds. The summed E-state index contributed by atoms with van der Waals surface area (Å²) in [4.78, 5) is 34.3. The Hall–Kier alpha value is -1.43. The molecule has 15 heavy (non-hydrogen) atoms. The first-order chi connectivity index (χ1) is 7.06. The number of hydrogen-bond acceptors (Lipinski definition) is 4. The van der Waals surface area contributed by atoms with Gasteiger partial charge in [-0.1, -0.05) is 0 Å². The Bertz CT molecular complexity index is 272. The Labute approximate surface area is 86.8 Å². The molecule has 1 atom stereocenters. The molecule has 6 nitrogen and oxygen atoms in total. The number of amides is 2. The number of hydrogen-bond donors (Lipinski definition) is 1. The van der Waals surface area contributed by atoms with E-state index in [9.17, 15) is 14.4 Å². The van der Waals surface area contributed by atoms with Crippen molar-refractivity contribution in [3.63, 3.8) is 0 Å². The predicted molar refractivity (Wildman–Crippen MR) is 49.0 cm³/mol. The highest BCUT2D eigenvalue weighted by Gasteiger charge is 2.30. The smallest absolute Gasteiger partial charge is 0.334 e. The molecule has 0 aliphatic carbocycles. The van der Waals surface area contributed by atoms with Gasteiger partial charge in [0.1, 0.15) is 0 Å². The van der Waals surface area contributed by atoms with Crippen molar-refractivity contribution < 1.29 is 24.2 Å². The van der Waals surface area contributed by atoms with E-state index in [0.717, 1.165) is 4.90 Å². The largest absolute Gasteiger partial charge is 0.479 e. The number of carboxylic acid groups (broad SMARTS) is 1. The van der Waals surface area contributed by atoms with Crippen molar-refractivity contribution in [2.75, 3.05) is 13.7 Å². The molecule has 1 unspecified atom stereocenters. The zero-order valence-electron chi connectivity index (χ0n) is 8.43. The van der Waals surface area contributed by atoms with E-state index in [-0.39, 0.29) is 18.4 Å². The summed E-state index contributed by atoms with van der Waals surface area (Å²) >= 11 is 0. The number of methoxy groups -OCH3 is 1. The van der Waals surface area contributed by atoms with Crippen molar-refractivity contribution in [1.29, 1.82) is 0 Å². The molecule has 1 fully saturated rings. The van der Waals surface area contributed by atoms with Crippen molar-refractivity contribution in [2.45, 2.75) is 25.4 Å². The molecule has 1 aliphatic heterocycles. The molecule has 0 aromatic heterocycles. The fraction of sp³-hybridized carbons (Fsp3) is 0.667. The van der Waals surface area contributed by atoms with E-state index in [0.29, 0.717) is 19.3 Å². The summed E-state index contributed by atoms with van der Waals surface area (Å²) in [6.45, 7) is -0.205. The fourth-order valence-electron chi connectivity index (χ4n) is 1.42. The standard InChI is InChI=1S/C9H13NO5/c1-15-6(9(13)14)5-10-7(11)3-2-4-8(10)12/h6H,2-5H2,1H3,(H,13,14). The lowest BCUT2D eigenvalue weighted by Crippen LogP contribution is -2.46. The molecule has 1 rings (SSSR count). The highest BCUT2D eigenvalue weighted by Crippen LogP contribution is 2.13. The second kappa shape index (κ2) is 4.88. The van der Waals surface area contributed by atoms with Crippen molar-refractivity contribution in [1.82, 2.24) is 4.90 Å². The Morgan fingerprint density at radius 3 is 2.40 bits per heavy atom. The van der Waals surface area contributed by atoms with Crippen LogP contribution in [-0.2, 0) is 19.1 Å². The summed E-state index contributed by atoms with van der Waals surface area (Å²) in [5, 5.41) is 8.70. The van der Waals surface area contributed by atoms with E-state index in [1.807, 2.05) is 0 Å². The Balaban J connectivity index is 2.65. The van der Waals surface area contributed by atoms with E-state index in [1.54, 1.807) is 0 Å². The number of likely N-dealkylation sites (tertiary alicyclic amines) is 1. The van der Waals surface area contributed by atoms with Crippen LogP contribution >= 0.6 is 0 Å². The summed E-state index contributed by atoms with van der Waals surface area (Å²) < 4.78 is 4.67. The highest BCUT2D eigenvalue weighted by atomic mass is 16.5. The molecule has 1 heterocycles. The van der Waals surface area contributed by atoms with Crippen LogP contribution in [-0.4, -0.2) is 47.5 Å². The number of rotatable bonds is 4. The zero-order chi connectivity index (χ0) is 11.4. The van der Waals surface area contributed by atoms with Crippen LogP contribution in [0.15, 0.2) is 0 Å². The summed E-state index contributed by atoms with van der Waals surface area (Å²) in [6, 6.07) is 0. The average Bonchev–Trinajstić information content (AvgIpc) is 2.17. The first-order valence-corrected chi connectivity index (χ1v) is 4.65. The summed E-state index contributed by atoms with van der Waals surface area (Å²) in [7, 11) is 1.23. The molecule has 0 saturated carbocycles. The number of aliphatic carboxylic acids is 1. The fourth-order valence-corrected chi connectivity index (χ4v) is 1.42. The van der Waals surface area contributed by atoms with Gasteiger partial charge in [-0.3, -0.25) is 14.5 Å². The first-order valence-electron chi connectivity index (χ1n) is 4.65. The lowest BCUT2D eigenvalue weighted by molar-refractivity contribution is -0.156. The van der Waals surface area contributed by atoms with Gasteiger partial charge in [0.25, 0.3) is 0 Å². The van der Waals surface area contributed by atoms with Crippen molar-refractivity contribution >= 4 is 17.8 Å². The van der Waals surface area contributed by atoms with E-state index in [4.69, 9.17) is 5.11 Å². The van der Waals surface area contributed by atoms with Gasteiger partial charge in [-0.05, 0) is 6.42 Å². The van der Waals surface area contributed by atoms with Gasteiger partial charge in [0.05, 0.1) is 6.54 Å². The van der Waals surface area contributed by atoms with Gasteiger partial charge >= 0.3 is 5.97 Å². The number of carboxylic acids is 1. The van der Waals surface area contributed by atoms with Gasteiger partial charge in [0, 0.05) is 20.0 Å². The molecule has 1 saturated heterocycles. The number of ether oxygens (including phenoxy) is 1. The molecule has 0 radical (unpaired) electrons. The quantitative estimate of drug-likeness (QED) is 0.646. The number of piperidine rings is 1. The van der Waals surface area contributed by atoms with E-state index < -0.39 is 12.1 Å². The minimum Gasteiger partial charge on any atom is -0.479 e. The Morgan fingerprint density at radius 2 is 2.00 bits per heavy atom. The van der Waals surface area contributed by atoms with Gasteiger partial charge in [-0.2, -0.15) is 0 Å². The lowest BCUT2D eigenvalue weighted by atomic mass is 10.1. The minimum atomic E-state index is -1.18. The number of nitrogens with zero attached hydrogens (tertiary/aromatic N) is 1. The molecule has 84 valence electrons. The van der Waals surface area contributed by atoms with Crippen LogP contribution < -0.4 is 0 Å². The third-order valence-corrected chi connectivity index (χ3v) is 2.29. The molecule has 0 spiro atoms. The monoisotopic (exact) mass is 215 g/mol. The maximum atomic E-state index is 11.3. The molecular weight excluding hydrogens is 202 g/mol. The van der Waals surface area contributed by atoms with E-state index in [1.165, 1.54) is 7.11 Å². The van der Waals surface area contributed by atoms with Crippen LogP contribution in [0, 0.1) is 0 Å². The van der Waals surface area contributed by atoms with Crippen LogP contribution in [0.2, 0.25) is 0 Å².